The summed E-state index contributed by atoms with van der Waals surface area (Å²) in [6.07, 6.45) is 0. The van der Waals surface area contributed by atoms with Gasteiger partial charge in [-0.25, -0.2) is 0 Å². The van der Waals surface area contributed by atoms with Gasteiger partial charge in [0, 0.05) is 19.5 Å². The van der Waals surface area contributed by atoms with Crippen LogP contribution in [0.1, 0.15) is 0 Å². The van der Waals surface area contributed by atoms with Crippen LogP contribution in [0.5, 0.6) is 0 Å². The molecule has 3 heteroatoms. The molecule has 6 heavy (non-hydrogen) atoms. The molecule has 0 heterocycles. The van der Waals surface area contributed by atoms with Crippen molar-refractivity contribution in [2.24, 2.45) is 0 Å². The number of rotatable bonds is 0. The van der Waals surface area contributed by atoms with Crippen molar-refractivity contribution in [3.05, 3.63) is 0 Å². The summed E-state index contributed by atoms with van der Waals surface area (Å²) in [4.78, 5) is 2.00. The van der Waals surface area contributed by atoms with Crippen LogP contribution in [0.15, 0.2) is 0 Å². The second-order valence-corrected chi connectivity index (χ2v) is 1.34. The first-order chi connectivity index (χ1) is 1.73. The maximum Gasteiger partial charge on any atom is 0 e. The van der Waals surface area contributed by atoms with Crippen LogP contribution in [0.3, 0.4) is 0 Å². The van der Waals surface area contributed by atoms with Gasteiger partial charge in [-0.05, 0) is 32.1 Å². The Morgan fingerprint density at radius 2 is 1.00 bits per heavy atom. The Labute approximate surface area is 56.9 Å². The molecule has 0 aliphatic carbocycles. The quantitative estimate of drug-likeness (QED) is 0.406. The van der Waals surface area contributed by atoms with E-state index in [0.29, 0.717) is 0 Å². The predicted molar refractivity (Wildman–Crippen MR) is 29.5 cm³/mol. The molecule has 0 atom stereocenters. The van der Waals surface area contributed by atoms with Crippen LogP contribution < -0.4 is 0 Å². The van der Waals surface area contributed by atoms with Crippen molar-refractivity contribution in [1.29, 1.82) is 0 Å². The minimum atomic E-state index is 0. The number of nitrogens with zero attached hydrogens (tertiary/aromatic N) is 1. The van der Waals surface area contributed by atoms with E-state index in [1.807, 2.05) is 26.0 Å². The zero-order valence-electron chi connectivity index (χ0n) is 5.15. The van der Waals surface area contributed by atoms with Gasteiger partial charge in [-0.3, -0.25) is 0 Å². The van der Waals surface area contributed by atoms with E-state index < -0.39 is 0 Å². The van der Waals surface area contributed by atoms with Crippen LogP contribution in [0.4, 0.5) is 0 Å². The largest absolute Gasteiger partial charge is 0.312 e. The van der Waals surface area contributed by atoms with Crippen molar-refractivity contribution < 1.29 is 19.5 Å². The summed E-state index contributed by atoms with van der Waals surface area (Å²) >= 11 is 0. The molecule has 0 aromatic carbocycles. The van der Waals surface area contributed by atoms with Gasteiger partial charge in [-0.1, -0.05) is 0 Å². The standard InChI is InChI=1S/C3H9N.H3Si.Zn/c1-4(2)3;;/h1-3H3;1H3;. The molecule has 1 nitrogen and oxygen atoms in total. The van der Waals surface area contributed by atoms with E-state index in [1.54, 1.807) is 0 Å². The number of hydrogen-bond donors (Lipinski definition) is 0. The van der Waals surface area contributed by atoms with Gasteiger partial charge in [-0.2, -0.15) is 0 Å². The summed E-state index contributed by atoms with van der Waals surface area (Å²) in [6.45, 7) is 0. The van der Waals surface area contributed by atoms with E-state index >= 15 is 0 Å². The molecule has 1 radical (unpaired) electrons. The van der Waals surface area contributed by atoms with Gasteiger partial charge in [0.2, 0.25) is 0 Å². The smallest absolute Gasteiger partial charge is 0 e. The fourth-order valence-electron chi connectivity index (χ4n) is 0. The minimum absolute atomic E-state index is 0. The second kappa shape index (κ2) is 9.25. The van der Waals surface area contributed by atoms with Gasteiger partial charge >= 0.3 is 0 Å². The second-order valence-electron chi connectivity index (χ2n) is 1.34. The van der Waals surface area contributed by atoms with Crippen molar-refractivity contribution in [3.8, 4) is 0 Å². The van der Waals surface area contributed by atoms with Crippen molar-refractivity contribution in [1.82, 2.24) is 4.90 Å². The molecule has 0 aromatic rings. The first kappa shape index (κ1) is 15.8. The predicted octanol–water partition coefficient (Wildman–Crippen LogP) is -1.01. The molecule has 0 N–H and O–H groups in total. The summed E-state index contributed by atoms with van der Waals surface area (Å²) in [5.41, 5.74) is 0. The van der Waals surface area contributed by atoms with Crippen LogP contribution in [-0.4, -0.2) is 37.0 Å². The van der Waals surface area contributed by atoms with Crippen molar-refractivity contribution in [2.45, 2.75) is 0 Å². The molecular formula is C3H12NSiZn. The third-order valence-electron chi connectivity index (χ3n) is 0. The van der Waals surface area contributed by atoms with Crippen LogP contribution >= 0.6 is 0 Å². The molecule has 0 saturated heterocycles. The molecule has 0 aliphatic heterocycles. The molecule has 0 bridgehead atoms. The molecule has 0 amide bonds. The Morgan fingerprint density at radius 3 is 1.00 bits per heavy atom. The zero-order valence-corrected chi connectivity index (χ0v) is 10.1. The van der Waals surface area contributed by atoms with E-state index in [2.05, 4.69) is 0 Å². The molecule has 0 rings (SSSR count). The SMILES string of the molecule is CN(C)C.[SiH3].[Zn]. The number of hydrogen-bond acceptors (Lipinski definition) is 1. The van der Waals surface area contributed by atoms with E-state index in [1.165, 1.54) is 0 Å². The van der Waals surface area contributed by atoms with Gasteiger partial charge in [0.15, 0.2) is 0 Å². The topological polar surface area (TPSA) is 3.24 Å². The summed E-state index contributed by atoms with van der Waals surface area (Å²) < 4.78 is 0. The van der Waals surface area contributed by atoms with Gasteiger partial charge < -0.3 is 4.90 Å². The molecule has 0 fully saturated rings. The van der Waals surface area contributed by atoms with Crippen LogP contribution in [0, 0.1) is 0 Å². The Hall–Kier alpha value is 0.800. The van der Waals surface area contributed by atoms with E-state index in [9.17, 15) is 0 Å². The molecule has 0 aliphatic rings. The first-order valence-corrected chi connectivity index (χ1v) is 1.34. The fourth-order valence-corrected chi connectivity index (χ4v) is 0. The van der Waals surface area contributed by atoms with Crippen LogP contribution in [0.25, 0.3) is 0 Å². The molecule has 0 unspecified atom stereocenters. The third kappa shape index (κ3) is 108. The Morgan fingerprint density at radius 1 is 1.00 bits per heavy atom. The van der Waals surface area contributed by atoms with E-state index in [4.69, 9.17) is 0 Å². The molecule has 0 saturated carbocycles. The van der Waals surface area contributed by atoms with Crippen molar-refractivity contribution in [2.75, 3.05) is 21.1 Å². The third-order valence-corrected chi connectivity index (χ3v) is 0. The Kier molecular flexibility index (Phi) is 24.4. The van der Waals surface area contributed by atoms with Crippen LogP contribution in [0.2, 0.25) is 0 Å². The molecule has 35 valence electrons. The fraction of sp³-hybridized carbons (Fsp3) is 1.00. The Bertz CT molecular complexity index is 15.5. The monoisotopic (exact) mass is 154 g/mol. The maximum atomic E-state index is 2.00. The van der Waals surface area contributed by atoms with Gasteiger partial charge in [0.1, 0.15) is 0 Å². The maximum absolute atomic E-state index is 2.00. The van der Waals surface area contributed by atoms with Crippen LogP contribution in [-0.2, 0) is 19.5 Å². The first-order valence-electron chi connectivity index (χ1n) is 1.34. The van der Waals surface area contributed by atoms with Gasteiger partial charge in [-0.15, -0.1) is 0 Å². The zero-order chi connectivity index (χ0) is 3.58. The van der Waals surface area contributed by atoms with Crippen molar-refractivity contribution >= 4 is 11.0 Å². The molecule has 0 spiro atoms. The Balaban J connectivity index is -0.0000000450. The molecular weight excluding hydrogens is 144 g/mol. The summed E-state index contributed by atoms with van der Waals surface area (Å²) in [7, 11) is 6.00. The normalized spacial score (nSPS) is 6.00. The summed E-state index contributed by atoms with van der Waals surface area (Å²) in [5.74, 6) is 0. The van der Waals surface area contributed by atoms with Gasteiger partial charge in [0.05, 0.1) is 0 Å². The average Bonchev–Trinajstić information content (AvgIpc) is 0.811. The minimum Gasteiger partial charge on any atom is -0.312 e. The van der Waals surface area contributed by atoms with Gasteiger partial charge in [0.25, 0.3) is 0 Å². The average molecular weight is 156 g/mol. The van der Waals surface area contributed by atoms with E-state index in [0.717, 1.165) is 0 Å². The summed E-state index contributed by atoms with van der Waals surface area (Å²) in [5, 5.41) is 0. The van der Waals surface area contributed by atoms with E-state index in [-0.39, 0.29) is 30.4 Å². The summed E-state index contributed by atoms with van der Waals surface area (Å²) in [6, 6.07) is 0. The van der Waals surface area contributed by atoms with Crippen molar-refractivity contribution in [3.63, 3.8) is 0 Å². The molecule has 0 aromatic heterocycles.